The third-order valence-corrected chi connectivity index (χ3v) is 4.25. The van der Waals surface area contributed by atoms with E-state index in [1.54, 1.807) is 20.5 Å². The highest BCUT2D eigenvalue weighted by atomic mass is 16.5. The van der Waals surface area contributed by atoms with E-state index < -0.39 is 0 Å². The van der Waals surface area contributed by atoms with Gasteiger partial charge in [-0.25, -0.2) is 9.97 Å². The zero-order valence-corrected chi connectivity index (χ0v) is 15.2. The molecule has 2 N–H and O–H groups in total. The van der Waals surface area contributed by atoms with E-state index in [9.17, 15) is 0 Å². The average Bonchev–Trinajstić information content (AvgIpc) is 3.07. The highest BCUT2D eigenvalue weighted by Crippen LogP contribution is 2.36. The van der Waals surface area contributed by atoms with E-state index in [1.807, 2.05) is 42.5 Å². The fourth-order valence-corrected chi connectivity index (χ4v) is 2.96. The highest BCUT2D eigenvalue weighted by Gasteiger charge is 2.15. The summed E-state index contributed by atoms with van der Waals surface area (Å²) in [4.78, 5) is 12.2. The van der Waals surface area contributed by atoms with E-state index in [0.717, 1.165) is 27.6 Å². The molecule has 0 spiro atoms. The van der Waals surface area contributed by atoms with Crippen LogP contribution >= 0.6 is 0 Å². The summed E-state index contributed by atoms with van der Waals surface area (Å²) in [5, 5.41) is 4.27. The van der Waals surface area contributed by atoms with Gasteiger partial charge in [-0.2, -0.15) is 0 Å². The average molecular weight is 364 g/mol. The molecule has 0 fully saturated rings. The monoisotopic (exact) mass is 364 g/mol. The van der Waals surface area contributed by atoms with E-state index in [0.29, 0.717) is 30.5 Å². The van der Waals surface area contributed by atoms with E-state index in [-0.39, 0.29) is 0 Å². The van der Waals surface area contributed by atoms with Gasteiger partial charge in [-0.1, -0.05) is 18.2 Å². The van der Waals surface area contributed by atoms with Crippen molar-refractivity contribution in [2.24, 2.45) is 0 Å². The van der Waals surface area contributed by atoms with Crippen molar-refractivity contribution in [1.29, 1.82) is 0 Å². The molecule has 138 valence electrons. The number of fused-ring (bicyclic) bond motifs is 3. The second kappa shape index (κ2) is 7.51. The molecule has 4 aromatic rings. The molecule has 2 aromatic heterocycles. The van der Waals surface area contributed by atoms with Crippen LogP contribution in [0, 0.1) is 0 Å². The first kappa shape index (κ1) is 17.1. The first-order valence-corrected chi connectivity index (χ1v) is 8.58. The molecule has 7 nitrogen and oxygen atoms in total. The highest BCUT2D eigenvalue weighted by molar-refractivity contribution is 6.09. The predicted octanol–water partition coefficient (Wildman–Crippen LogP) is 3.89. The molecule has 0 amide bonds. The molecular weight excluding hydrogens is 344 g/mol. The van der Waals surface area contributed by atoms with Crippen molar-refractivity contribution in [2.45, 2.75) is 0 Å². The second-order valence-electron chi connectivity index (χ2n) is 5.95. The Morgan fingerprint density at radius 3 is 2.63 bits per heavy atom. The summed E-state index contributed by atoms with van der Waals surface area (Å²) in [5.41, 5.74) is 3.50. The predicted molar refractivity (Wildman–Crippen MR) is 105 cm³/mol. The minimum atomic E-state index is 0.441. The van der Waals surface area contributed by atoms with Crippen LogP contribution in [0.1, 0.15) is 0 Å². The van der Waals surface area contributed by atoms with Gasteiger partial charge in [-0.3, -0.25) is 0 Å². The van der Waals surface area contributed by atoms with Crippen LogP contribution in [-0.4, -0.2) is 42.4 Å². The number of H-pyrrole nitrogens is 1. The number of anilines is 2. The Morgan fingerprint density at radius 2 is 1.85 bits per heavy atom. The Bertz CT molecular complexity index is 1060. The summed E-state index contributed by atoms with van der Waals surface area (Å²) in [5.74, 6) is 2.01. The summed E-state index contributed by atoms with van der Waals surface area (Å²) in [6.45, 7) is 0.943. The van der Waals surface area contributed by atoms with Crippen LogP contribution < -0.4 is 14.8 Å². The van der Waals surface area contributed by atoms with Crippen molar-refractivity contribution in [1.82, 2.24) is 15.0 Å². The summed E-state index contributed by atoms with van der Waals surface area (Å²) >= 11 is 0. The molecule has 0 bridgehead atoms. The lowest BCUT2D eigenvalue weighted by Gasteiger charge is -2.10. The number of ether oxygens (including phenoxy) is 3. The first-order chi connectivity index (χ1) is 13.3. The molecule has 4 rings (SSSR count). The fraction of sp³-hybridized carbons (Fsp3) is 0.200. The number of nitrogens with zero attached hydrogens (tertiary/aromatic N) is 2. The topological polar surface area (TPSA) is 81.3 Å². The van der Waals surface area contributed by atoms with E-state index >= 15 is 0 Å². The number of para-hydroxylation sites is 1. The van der Waals surface area contributed by atoms with Crippen molar-refractivity contribution in [2.75, 3.05) is 32.8 Å². The van der Waals surface area contributed by atoms with E-state index in [4.69, 9.17) is 14.2 Å². The van der Waals surface area contributed by atoms with Gasteiger partial charge in [0.15, 0.2) is 17.3 Å². The summed E-state index contributed by atoms with van der Waals surface area (Å²) in [6.07, 6.45) is 1.55. The number of aromatic amines is 1. The molecule has 0 unspecified atom stereocenters. The third kappa shape index (κ3) is 3.37. The maximum atomic E-state index is 5.80. The number of hydrogen-bond acceptors (Lipinski definition) is 6. The molecule has 0 radical (unpaired) electrons. The zero-order valence-electron chi connectivity index (χ0n) is 15.2. The quantitative estimate of drug-likeness (QED) is 0.484. The third-order valence-electron chi connectivity index (χ3n) is 4.25. The number of aromatic nitrogens is 3. The minimum Gasteiger partial charge on any atom is -0.493 e. The van der Waals surface area contributed by atoms with Crippen LogP contribution in [0.5, 0.6) is 11.5 Å². The molecule has 0 saturated carbocycles. The Morgan fingerprint density at radius 1 is 1.00 bits per heavy atom. The Hall–Kier alpha value is -3.32. The fourth-order valence-electron chi connectivity index (χ4n) is 2.96. The standard InChI is InChI=1S/C20H20N4O3/c1-25-8-9-27-17-10-14-15(11-16(17)26-2)24-19-18(14)21-12-22-20(19)23-13-6-4-3-5-7-13/h3-7,10-12,24H,8-9H2,1-2H3,(H,21,22,23). The van der Waals surface area contributed by atoms with Crippen LogP contribution in [0.4, 0.5) is 11.5 Å². The number of benzene rings is 2. The van der Waals surface area contributed by atoms with Crippen LogP contribution in [0.15, 0.2) is 48.8 Å². The molecule has 0 aliphatic carbocycles. The molecule has 2 aromatic carbocycles. The van der Waals surface area contributed by atoms with Crippen LogP contribution in [0.3, 0.4) is 0 Å². The van der Waals surface area contributed by atoms with Gasteiger partial charge < -0.3 is 24.5 Å². The molecule has 0 atom stereocenters. The normalized spacial score (nSPS) is 11.0. The van der Waals surface area contributed by atoms with Crippen molar-refractivity contribution in [3.63, 3.8) is 0 Å². The van der Waals surface area contributed by atoms with E-state index in [2.05, 4.69) is 20.3 Å². The van der Waals surface area contributed by atoms with Crippen LogP contribution in [0.25, 0.3) is 21.9 Å². The molecule has 27 heavy (non-hydrogen) atoms. The zero-order chi connectivity index (χ0) is 18.6. The number of nitrogens with one attached hydrogen (secondary N) is 2. The van der Waals surface area contributed by atoms with Gasteiger partial charge in [0, 0.05) is 24.2 Å². The molecule has 0 aliphatic rings. The van der Waals surface area contributed by atoms with Crippen LogP contribution in [0.2, 0.25) is 0 Å². The summed E-state index contributed by atoms with van der Waals surface area (Å²) in [7, 11) is 3.26. The van der Waals surface area contributed by atoms with Crippen molar-refractivity contribution < 1.29 is 14.2 Å². The molecule has 0 aliphatic heterocycles. The summed E-state index contributed by atoms with van der Waals surface area (Å²) < 4.78 is 16.3. The maximum Gasteiger partial charge on any atom is 0.162 e. The maximum absolute atomic E-state index is 5.80. The lowest BCUT2D eigenvalue weighted by atomic mass is 10.2. The van der Waals surface area contributed by atoms with Crippen molar-refractivity contribution in [3.05, 3.63) is 48.8 Å². The number of hydrogen-bond donors (Lipinski definition) is 2. The van der Waals surface area contributed by atoms with Gasteiger partial charge in [0.1, 0.15) is 24.0 Å². The van der Waals surface area contributed by atoms with Gasteiger partial charge >= 0.3 is 0 Å². The van der Waals surface area contributed by atoms with Gasteiger partial charge in [-0.05, 0) is 18.2 Å². The number of methoxy groups -OCH3 is 2. The second-order valence-corrected chi connectivity index (χ2v) is 5.95. The Balaban J connectivity index is 1.79. The minimum absolute atomic E-state index is 0.441. The smallest absolute Gasteiger partial charge is 0.162 e. The van der Waals surface area contributed by atoms with Crippen LogP contribution in [-0.2, 0) is 4.74 Å². The Labute approximate surface area is 156 Å². The molecule has 0 saturated heterocycles. The SMILES string of the molecule is COCCOc1cc2c(cc1OC)[nH]c1c(Nc3ccccc3)ncnc12. The first-order valence-electron chi connectivity index (χ1n) is 8.58. The van der Waals surface area contributed by atoms with Gasteiger partial charge in [0.05, 0.1) is 19.2 Å². The molecular formula is C20H20N4O3. The van der Waals surface area contributed by atoms with Crippen molar-refractivity contribution in [3.8, 4) is 11.5 Å². The van der Waals surface area contributed by atoms with Crippen molar-refractivity contribution >= 4 is 33.4 Å². The number of rotatable bonds is 7. The molecule has 7 heteroatoms. The lowest BCUT2D eigenvalue weighted by Crippen LogP contribution is -2.05. The molecule has 2 heterocycles. The van der Waals surface area contributed by atoms with Gasteiger partial charge in [0.25, 0.3) is 0 Å². The summed E-state index contributed by atoms with van der Waals surface area (Å²) in [6, 6.07) is 13.7. The largest absolute Gasteiger partial charge is 0.493 e. The van der Waals surface area contributed by atoms with E-state index in [1.165, 1.54) is 0 Å². The van der Waals surface area contributed by atoms with Gasteiger partial charge in [0.2, 0.25) is 0 Å². The lowest BCUT2D eigenvalue weighted by molar-refractivity contribution is 0.144. The Kier molecular flexibility index (Phi) is 4.76. The van der Waals surface area contributed by atoms with Gasteiger partial charge in [-0.15, -0.1) is 0 Å².